The minimum atomic E-state index is -4.06. The quantitative estimate of drug-likeness (QED) is 0.376. The normalized spacial score (nSPS) is 25.7. The second-order valence-electron chi connectivity index (χ2n) is 5.25. The van der Waals surface area contributed by atoms with E-state index in [1.54, 1.807) is 0 Å². The van der Waals surface area contributed by atoms with Gasteiger partial charge in [-0.2, -0.15) is 0 Å². The van der Waals surface area contributed by atoms with Crippen LogP contribution in [0.1, 0.15) is 32.1 Å². The molecule has 1 heterocycles. The standard InChI is InChI=1S/C13H18N2O6S/c1-15-11(17)8(10(14)16)7-9-12(18)21-13(22(9,19)20)5-3-2-4-6-13/h7,15,17H,2-6H2,1H3,(H2,14,16)/b9-7+,11-8+. The Bertz CT molecular complexity index is 671. The molecule has 0 unspecified atom stereocenters. The number of ether oxygens (including phenoxy) is 1. The van der Waals surface area contributed by atoms with E-state index in [4.69, 9.17) is 10.5 Å². The van der Waals surface area contributed by atoms with Gasteiger partial charge in [-0.1, -0.05) is 6.42 Å². The maximum atomic E-state index is 12.7. The van der Waals surface area contributed by atoms with Crippen molar-refractivity contribution in [3.63, 3.8) is 0 Å². The number of aliphatic hydroxyl groups excluding tert-OH is 1. The molecule has 22 heavy (non-hydrogen) atoms. The van der Waals surface area contributed by atoms with E-state index in [-0.39, 0.29) is 12.8 Å². The Hall–Kier alpha value is -2.03. The summed E-state index contributed by atoms with van der Waals surface area (Å²) in [6.07, 6.45) is 3.38. The minimum absolute atomic E-state index is 0.228. The van der Waals surface area contributed by atoms with Crippen molar-refractivity contribution in [2.45, 2.75) is 37.0 Å². The van der Waals surface area contributed by atoms with Crippen molar-refractivity contribution in [2.75, 3.05) is 7.05 Å². The SMILES string of the molecule is CN/C(O)=C(/C=C1\C(=O)OC2(CCCCC2)S1(=O)=O)C(N)=O. The summed E-state index contributed by atoms with van der Waals surface area (Å²) in [6.45, 7) is 0. The molecule has 0 radical (unpaired) electrons. The number of carbonyl (C=O) groups excluding carboxylic acids is 2. The van der Waals surface area contributed by atoms with Gasteiger partial charge in [0, 0.05) is 19.9 Å². The van der Waals surface area contributed by atoms with Gasteiger partial charge in [0.15, 0.2) is 10.8 Å². The summed E-state index contributed by atoms with van der Waals surface area (Å²) in [4.78, 5) is 21.1. The molecule has 0 aromatic rings. The monoisotopic (exact) mass is 330 g/mol. The van der Waals surface area contributed by atoms with Crippen LogP contribution in [0.3, 0.4) is 0 Å². The van der Waals surface area contributed by atoms with Crippen molar-refractivity contribution in [3.8, 4) is 0 Å². The summed E-state index contributed by atoms with van der Waals surface area (Å²) in [5, 5.41) is 11.9. The van der Waals surface area contributed by atoms with Crippen molar-refractivity contribution in [1.82, 2.24) is 5.32 Å². The van der Waals surface area contributed by atoms with E-state index in [1.165, 1.54) is 7.05 Å². The van der Waals surface area contributed by atoms with Crippen LogP contribution in [0.25, 0.3) is 0 Å². The van der Waals surface area contributed by atoms with Gasteiger partial charge < -0.3 is 20.9 Å². The molecule has 0 aromatic heterocycles. The highest BCUT2D eigenvalue weighted by molar-refractivity contribution is 7.97. The summed E-state index contributed by atoms with van der Waals surface area (Å²) in [5.74, 6) is -2.70. The molecule has 1 saturated heterocycles. The third kappa shape index (κ3) is 2.45. The van der Waals surface area contributed by atoms with Crippen molar-refractivity contribution in [3.05, 3.63) is 22.4 Å². The lowest BCUT2D eigenvalue weighted by Crippen LogP contribution is -2.38. The molecule has 0 atom stereocenters. The molecule has 122 valence electrons. The van der Waals surface area contributed by atoms with Crippen molar-refractivity contribution >= 4 is 21.7 Å². The van der Waals surface area contributed by atoms with E-state index in [9.17, 15) is 23.1 Å². The minimum Gasteiger partial charge on any atom is -0.494 e. The molecule has 2 rings (SSSR count). The van der Waals surface area contributed by atoms with Gasteiger partial charge in [0.25, 0.3) is 5.91 Å². The Morgan fingerprint density at radius 2 is 1.95 bits per heavy atom. The average molecular weight is 330 g/mol. The first-order valence-corrected chi connectivity index (χ1v) is 8.34. The van der Waals surface area contributed by atoms with E-state index >= 15 is 0 Å². The number of rotatable bonds is 3. The maximum Gasteiger partial charge on any atom is 0.351 e. The number of esters is 1. The van der Waals surface area contributed by atoms with E-state index < -0.39 is 43.0 Å². The van der Waals surface area contributed by atoms with Crippen LogP contribution in [-0.2, 0) is 24.2 Å². The van der Waals surface area contributed by atoms with Crippen molar-refractivity contribution in [2.24, 2.45) is 5.73 Å². The lowest BCUT2D eigenvalue weighted by Gasteiger charge is -2.29. The van der Waals surface area contributed by atoms with Gasteiger partial charge >= 0.3 is 5.97 Å². The Morgan fingerprint density at radius 3 is 2.45 bits per heavy atom. The average Bonchev–Trinajstić information content (AvgIpc) is 2.63. The number of sulfone groups is 1. The molecule has 2 aliphatic rings. The second-order valence-corrected chi connectivity index (χ2v) is 7.44. The van der Waals surface area contributed by atoms with Gasteiger partial charge in [-0.15, -0.1) is 0 Å². The fraction of sp³-hybridized carbons (Fsp3) is 0.538. The van der Waals surface area contributed by atoms with Crippen LogP contribution in [0.15, 0.2) is 22.4 Å². The molecule has 2 fully saturated rings. The van der Waals surface area contributed by atoms with Gasteiger partial charge in [0.1, 0.15) is 5.57 Å². The van der Waals surface area contributed by atoms with Gasteiger partial charge in [0.2, 0.25) is 14.8 Å². The summed E-state index contributed by atoms with van der Waals surface area (Å²) in [5.41, 5.74) is 4.61. The van der Waals surface area contributed by atoms with Crippen molar-refractivity contribution < 1.29 is 27.9 Å². The predicted molar refractivity (Wildman–Crippen MR) is 76.8 cm³/mol. The molecule has 4 N–H and O–H groups in total. The lowest BCUT2D eigenvalue weighted by atomic mass is 9.97. The Kier molecular flexibility index (Phi) is 4.19. The number of carbonyl (C=O) groups is 2. The number of nitrogens with one attached hydrogen (secondary N) is 1. The Morgan fingerprint density at radius 1 is 1.36 bits per heavy atom. The van der Waals surface area contributed by atoms with Gasteiger partial charge in [0.05, 0.1) is 0 Å². The molecule has 0 aromatic carbocycles. The summed E-state index contributed by atoms with van der Waals surface area (Å²) < 4.78 is 30.5. The van der Waals surface area contributed by atoms with Gasteiger partial charge in [-0.3, -0.25) is 4.79 Å². The smallest absolute Gasteiger partial charge is 0.351 e. The molecule has 1 aliphatic heterocycles. The van der Waals surface area contributed by atoms with Gasteiger partial charge in [-0.25, -0.2) is 13.2 Å². The molecule has 1 spiro atoms. The first kappa shape index (κ1) is 16.3. The number of hydrogen-bond donors (Lipinski definition) is 3. The largest absolute Gasteiger partial charge is 0.494 e. The molecule has 1 aliphatic carbocycles. The molecule has 8 nitrogen and oxygen atoms in total. The third-order valence-corrected chi connectivity index (χ3v) is 6.24. The molecule has 1 amide bonds. The van der Waals surface area contributed by atoms with Crippen LogP contribution in [0.2, 0.25) is 0 Å². The third-order valence-electron chi connectivity index (χ3n) is 3.91. The number of nitrogens with two attached hydrogens (primary N) is 1. The predicted octanol–water partition coefficient (Wildman–Crippen LogP) is -0.0234. The molecule has 0 bridgehead atoms. The van der Waals surface area contributed by atoms with Crippen LogP contribution in [0.4, 0.5) is 0 Å². The van der Waals surface area contributed by atoms with E-state index in [0.29, 0.717) is 12.8 Å². The second kappa shape index (κ2) is 5.64. The van der Waals surface area contributed by atoms with Crippen LogP contribution in [0, 0.1) is 0 Å². The summed E-state index contributed by atoms with van der Waals surface area (Å²) in [6, 6.07) is 0. The van der Waals surface area contributed by atoms with E-state index in [2.05, 4.69) is 5.32 Å². The number of amides is 1. The van der Waals surface area contributed by atoms with Crippen LogP contribution < -0.4 is 11.1 Å². The van der Waals surface area contributed by atoms with E-state index in [0.717, 1.165) is 12.5 Å². The number of aliphatic hydroxyl groups is 1. The van der Waals surface area contributed by atoms with Crippen molar-refractivity contribution in [1.29, 1.82) is 0 Å². The highest BCUT2D eigenvalue weighted by Crippen LogP contribution is 2.45. The summed E-state index contributed by atoms with van der Waals surface area (Å²) in [7, 11) is -2.74. The van der Waals surface area contributed by atoms with Gasteiger partial charge in [-0.05, 0) is 18.9 Å². The molecule has 1 saturated carbocycles. The highest BCUT2D eigenvalue weighted by Gasteiger charge is 2.58. The van der Waals surface area contributed by atoms with Crippen LogP contribution in [-0.4, -0.2) is 37.4 Å². The number of hydrogen-bond acceptors (Lipinski definition) is 7. The highest BCUT2D eigenvalue weighted by atomic mass is 32.2. The molecule has 9 heteroatoms. The topological polar surface area (TPSA) is 136 Å². The fourth-order valence-electron chi connectivity index (χ4n) is 2.70. The Balaban J connectivity index is 2.54. The zero-order valence-corrected chi connectivity index (χ0v) is 12.9. The Labute approximate surface area is 127 Å². The first-order chi connectivity index (χ1) is 10.2. The summed E-state index contributed by atoms with van der Waals surface area (Å²) >= 11 is 0. The zero-order chi connectivity index (χ0) is 16.5. The van der Waals surface area contributed by atoms with E-state index in [1.807, 2.05) is 0 Å². The molecular formula is C13H18N2O6S. The van der Waals surface area contributed by atoms with Crippen LogP contribution >= 0.6 is 0 Å². The van der Waals surface area contributed by atoms with Crippen LogP contribution in [0.5, 0.6) is 0 Å². The lowest BCUT2D eigenvalue weighted by molar-refractivity contribution is -0.145. The zero-order valence-electron chi connectivity index (χ0n) is 12.1. The first-order valence-electron chi connectivity index (χ1n) is 6.85. The maximum absolute atomic E-state index is 12.7. The number of primary amides is 1. The fourth-order valence-corrected chi connectivity index (χ4v) is 4.65. The molecular weight excluding hydrogens is 312 g/mol.